The third-order valence-corrected chi connectivity index (χ3v) is 20.3. The van der Waals surface area contributed by atoms with Crippen molar-refractivity contribution in [3.63, 3.8) is 0 Å². The summed E-state index contributed by atoms with van der Waals surface area (Å²) in [7, 11) is 4.79. The maximum atomic E-state index is 14.8. The Morgan fingerprint density at radius 1 is 0.800 bits per heavy atom. The highest BCUT2D eigenvalue weighted by molar-refractivity contribution is 7.98. The summed E-state index contributed by atoms with van der Waals surface area (Å²) in [4.78, 5) is 166. The summed E-state index contributed by atoms with van der Waals surface area (Å²) in [5.41, 5.74) is 5.91. The number of alkyl carbamates (subject to hydrolysis) is 1. The SMILES string of the molecule is CC[C@H](C)[C@@H]([C@@H](CC(=O)N1CCC[C@H]1[C@H](OC)[C@@H](C)C(=O)C[C@@H](Cc1ccccc1)c1nccs1)OC)N(C)C(=O)[C@@H](CC(=O)C(C)(C)NC(=O)OCc1ccc(NC(=O)[C@H](CCCNC(N)=O)CC(=O)[C@@H](NC(=O)[C@H](CNC(=O)c2cnc(SC)nc2)CC(C)=O)C(C)C)cc1)C(C)C. The maximum Gasteiger partial charge on any atom is 0.408 e. The number of likely N-dealkylation sites (N-methyl/N-ethyl adjacent to an activating group) is 1. The lowest BCUT2D eigenvalue weighted by Gasteiger charge is -2.41. The van der Waals surface area contributed by atoms with E-state index in [1.165, 1.54) is 63.4 Å². The molecule has 8 amide bonds. The van der Waals surface area contributed by atoms with E-state index in [0.29, 0.717) is 42.2 Å². The van der Waals surface area contributed by atoms with E-state index in [1.54, 1.807) is 69.6 Å². The minimum Gasteiger partial charge on any atom is -0.445 e. The van der Waals surface area contributed by atoms with Crippen molar-refractivity contribution in [2.45, 2.75) is 193 Å². The number of urea groups is 1. The second-order valence-corrected chi connectivity index (χ2v) is 29.0. The van der Waals surface area contributed by atoms with Gasteiger partial charge in [0.2, 0.25) is 23.6 Å². The average molecular weight is 1420 g/mol. The van der Waals surface area contributed by atoms with Gasteiger partial charge in [-0.2, -0.15) is 0 Å². The van der Waals surface area contributed by atoms with Gasteiger partial charge < -0.3 is 61.1 Å². The topological polar surface area (TPSA) is 347 Å². The molecule has 0 bridgehead atoms. The number of amides is 8. The van der Waals surface area contributed by atoms with Crippen molar-refractivity contribution in [2.24, 2.45) is 47.2 Å². The smallest absolute Gasteiger partial charge is 0.408 e. The first-order chi connectivity index (χ1) is 47.4. The molecule has 4 aromatic rings. The number of carbonyl (C=O) groups excluding carboxylic acids is 11. The van der Waals surface area contributed by atoms with E-state index >= 15 is 0 Å². The fraction of sp³-hybridized carbons (Fsp3) is 0.589. The molecule has 25 nitrogen and oxygen atoms in total. The largest absolute Gasteiger partial charge is 0.445 e. The molecule has 27 heteroatoms. The van der Waals surface area contributed by atoms with Gasteiger partial charge in [0.1, 0.15) is 18.2 Å². The third-order valence-electron chi connectivity index (χ3n) is 18.8. The Balaban J connectivity index is 1.18. The highest BCUT2D eigenvalue weighted by Crippen LogP contribution is 2.34. The molecule has 2 aromatic heterocycles. The normalized spacial score (nSPS) is 16.1. The number of Topliss-reactive ketones (excluding diaryl/α,β-unsaturated/α-hetero) is 4. The number of primary amides is 1. The zero-order chi connectivity index (χ0) is 74.0. The summed E-state index contributed by atoms with van der Waals surface area (Å²) in [6.45, 7) is 17.5. The lowest BCUT2D eigenvalue weighted by molar-refractivity contribution is -0.149. The van der Waals surface area contributed by atoms with Crippen LogP contribution >= 0.6 is 23.1 Å². The molecule has 0 saturated carbocycles. The standard InChI is InChI=1S/C73H105N11O14S2/c1-15-45(6)63(59(96-12)38-61(89)84-31-20-24-56(84)64(97-13)47(8)57(86)36-51(68-75-30-32-100-68)34-48-21-17-16-18-22-48)83(11)69(93)55(43(2)3)37-60(88)73(9,10)82-72(95)98-42-49-25-27-54(28-26-49)80-66(91)50(23-19-29-76-70(74)94)35-58(87)62(44(4)5)81-67(92)52(33-46(7)85)39-77-65(90)53-40-78-71(99-14)79-41-53/h16-18,21-22,25-28,30,32,40-41,43-45,47,50-52,55-56,59,62-64H,15,19-20,23-24,29,31,33-39,42H2,1-14H3,(H,77,90)(H,80,91)(H,81,92)(H,82,95)(H3,74,76,94)/t45-,47-,50+,51+,52-,55-,56-,59+,62-,63-,64+/m0/s1. The number of hydrogen-bond acceptors (Lipinski definition) is 19. The van der Waals surface area contributed by atoms with Crippen LogP contribution in [-0.4, -0.2) is 173 Å². The van der Waals surface area contributed by atoms with Crippen molar-refractivity contribution < 1.29 is 67.0 Å². The molecule has 1 fully saturated rings. The van der Waals surface area contributed by atoms with Gasteiger partial charge >= 0.3 is 12.1 Å². The van der Waals surface area contributed by atoms with Crippen molar-refractivity contribution in [1.82, 2.24) is 46.0 Å². The van der Waals surface area contributed by atoms with E-state index in [0.717, 1.165) is 17.0 Å². The summed E-state index contributed by atoms with van der Waals surface area (Å²) in [5, 5.41) is 16.7. The van der Waals surface area contributed by atoms with Crippen LogP contribution in [0.15, 0.2) is 83.7 Å². The molecule has 1 aliphatic rings. The van der Waals surface area contributed by atoms with Gasteiger partial charge in [0.15, 0.2) is 16.7 Å². The number of carbonyl (C=O) groups is 11. The van der Waals surface area contributed by atoms with E-state index in [2.05, 4.69) is 53.7 Å². The Bertz CT molecular complexity index is 3360. The van der Waals surface area contributed by atoms with Crippen molar-refractivity contribution >= 4 is 93.6 Å². The Morgan fingerprint density at radius 2 is 1.48 bits per heavy atom. The number of thiazole rings is 1. The molecule has 5 rings (SSSR count). The van der Waals surface area contributed by atoms with Gasteiger partial charge in [-0.3, -0.25) is 38.4 Å². The number of ketones is 4. The lowest BCUT2D eigenvalue weighted by atomic mass is 9.83. The number of rotatable bonds is 42. The first-order valence-corrected chi connectivity index (χ1v) is 36.5. The van der Waals surface area contributed by atoms with Crippen molar-refractivity contribution in [3.05, 3.63) is 100 Å². The van der Waals surface area contributed by atoms with Crippen LogP contribution in [0.1, 0.15) is 166 Å². The first-order valence-electron chi connectivity index (χ1n) is 34.4. The lowest BCUT2D eigenvalue weighted by Crippen LogP contribution is -2.55. The zero-order valence-electron chi connectivity index (χ0n) is 60.5. The fourth-order valence-electron chi connectivity index (χ4n) is 12.7. The number of thioether (sulfide) groups is 1. The summed E-state index contributed by atoms with van der Waals surface area (Å²) < 4.78 is 17.8. The molecule has 0 unspecified atom stereocenters. The molecule has 548 valence electrons. The van der Waals surface area contributed by atoms with Gasteiger partial charge in [-0.05, 0) is 100 Å². The molecule has 0 aliphatic carbocycles. The van der Waals surface area contributed by atoms with Crippen LogP contribution in [0.4, 0.5) is 15.3 Å². The van der Waals surface area contributed by atoms with E-state index in [4.69, 9.17) is 19.9 Å². The van der Waals surface area contributed by atoms with Gasteiger partial charge in [-0.1, -0.05) is 109 Å². The number of nitrogens with two attached hydrogens (primary N) is 1. The number of methoxy groups -OCH3 is 2. The number of likely N-dealkylation sites (tertiary alicyclic amines) is 1. The van der Waals surface area contributed by atoms with Crippen molar-refractivity contribution in [3.8, 4) is 0 Å². The highest BCUT2D eigenvalue weighted by Gasteiger charge is 2.44. The number of hydrogen-bond donors (Lipinski definition) is 6. The second-order valence-electron chi connectivity index (χ2n) is 27.3. The fourth-order valence-corrected chi connectivity index (χ4v) is 13.8. The van der Waals surface area contributed by atoms with Crippen LogP contribution in [0.5, 0.6) is 0 Å². The molecule has 0 spiro atoms. The number of nitrogens with zero attached hydrogens (tertiary/aromatic N) is 5. The number of aromatic nitrogens is 3. The van der Waals surface area contributed by atoms with Crippen LogP contribution < -0.4 is 32.3 Å². The summed E-state index contributed by atoms with van der Waals surface area (Å²) >= 11 is 2.83. The van der Waals surface area contributed by atoms with E-state index in [-0.39, 0.29) is 117 Å². The molecule has 0 radical (unpaired) electrons. The summed E-state index contributed by atoms with van der Waals surface area (Å²) in [6, 6.07) is 13.6. The number of ether oxygens (including phenoxy) is 3. The van der Waals surface area contributed by atoms with Crippen molar-refractivity contribution in [2.75, 3.05) is 52.5 Å². The van der Waals surface area contributed by atoms with Gasteiger partial charge in [0, 0.05) is 120 Å². The third kappa shape index (κ3) is 25.0. The Hall–Kier alpha value is -8.01. The van der Waals surface area contributed by atoms with Crippen LogP contribution in [0.25, 0.3) is 0 Å². The second kappa shape index (κ2) is 40.4. The highest BCUT2D eigenvalue weighted by atomic mass is 32.2. The maximum absolute atomic E-state index is 14.8. The van der Waals surface area contributed by atoms with Gasteiger partial charge in [0.05, 0.1) is 58.8 Å². The molecule has 7 N–H and O–H groups in total. The first kappa shape index (κ1) is 82.7. The summed E-state index contributed by atoms with van der Waals surface area (Å²) in [6.07, 6.45) is 6.56. The number of benzene rings is 2. The van der Waals surface area contributed by atoms with Gasteiger partial charge in [-0.25, -0.2) is 24.5 Å². The molecule has 1 aliphatic heterocycles. The van der Waals surface area contributed by atoms with E-state index in [9.17, 15) is 52.7 Å². The van der Waals surface area contributed by atoms with Crippen LogP contribution in [0.2, 0.25) is 0 Å². The molecule has 2 aromatic carbocycles. The number of nitrogens with one attached hydrogen (secondary N) is 5. The zero-order valence-corrected chi connectivity index (χ0v) is 62.1. The average Bonchev–Trinajstić information content (AvgIpc) is 1.46. The molecule has 1 saturated heterocycles. The quantitative estimate of drug-likeness (QED) is 0.0137. The van der Waals surface area contributed by atoms with E-state index < -0.39 is 101 Å². The minimum atomic E-state index is -1.49. The van der Waals surface area contributed by atoms with Gasteiger partial charge in [-0.15, -0.1) is 11.3 Å². The van der Waals surface area contributed by atoms with Crippen LogP contribution in [0, 0.1) is 41.4 Å². The Morgan fingerprint density at radius 3 is 2.06 bits per heavy atom. The summed E-state index contributed by atoms with van der Waals surface area (Å²) in [5.74, 6) is -7.78. The molecule has 3 heterocycles. The number of anilines is 1. The Labute approximate surface area is 596 Å². The van der Waals surface area contributed by atoms with Crippen LogP contribution in [0.3, 0.4) is 0 Å². The minimum absolute atomic E-state index is 0.0292. The van der Waals surface area contributed by atoms with E-state index in [1.807, 2.05) is 63.1 Å². The molecule has 100 heavy (non-hydrogen) atoms. The van der Waals surface area contributed by atoms with Gasteiger partial charge in [0.25, 0.3) is 5.91 Å². The molecule has 11 atom stereocenters. The molecular formula is C73H105N11O14S2. The van der Waals surface area contributed by atoms with Crippen molar-refractivity contribution in [1.29, 1.82) is 0 Å². The Kier molecular flexibility index (Phi) is 33.4. The van der Waals surface area contributed by atoms with Crippen LogP contribution in [-0.2, 0) is 65.6 Å². The molecular weight excluding hydrogens is 1320 g/mol. The predicted molar refractivity (Wildman–Crippen MR) is 383 cm³/mol. The monoisotopic (exact) mass is 1420 g/mol. The predicted octanol–water partition coefficient (Wildman–Crippen LogP) is 8.93.